The minimum absolute atomic E-state index is 0. The maximum atomic E-state index is 12.3. The monoisotopic (exact) mass is 347 g/mol. The molecule has 1 amide bonds. The van der Waals surface area contributed by atoms with E-state index in [0.29, 0.717) is 24.8 Å². The van der Waals surface area contributed by atoms with Crippen molar-refractivity contribution in [3.05, 3.63) is 30.1 Å². The second kappa shape index (κ2) is 10.8. The van der Waals surface area contributed by atoms with Crippen LogP contribution in [0.1, 0.15) is 31.9 Å². The van der Waals surface area contributed by atoms with Gasteiger partial charge in [0.25, 0.3) is 0 Å². The Hall–Kier alpha value is -0.840. The molecule has 0 spiro atoms. The van der Waals surface area contributed by atoms with Gasteiger partial charge in [-0.05, 0) is 49.9 Å². The van der Waals surface area contributed by atoms with E-state index in [2.05, 4.69) is 17.2 Å². The third-order valence-electron chi connectivity index (χ3n) is 4.19. The van der Waals surface area contributed by atoms with E-state index < -0.39 is 0 Å². The Labute approximate surface area is 145 Å². The molecule has 126 valence electrons. The summed E-state index contributed by atoms with van der Waals surface area (Å²) in [4.78, 5) is 18.3. The lowest BCUT2D eigenvalue weighted by Crippen LogP contribution is -2.36. The van der Waals surface area contributed by atoms with Crippen molar-refractivity contribution in [3.63, 3.8) is 0 Å². The van der Waals surface area contributed by atoms with Crippen molar-refractivity contribution in [1.29, 1.82) is 0 Å². The highest BCUT2D eigenvalue weighted by atomic mass is 35.5. The van der Waals surface area contributed by atoms with Gasteiger partial charge in [0, 0.05) is 19.7 Å². The fourth-order valence-corrected chi connectivity index (χ4v) is 2.79. The summed E-state index contributed by atoms with van der Waals surface area (Å²) < 4.78 is 0. The minimum atomic E-state index is 0. The maximum absolute atomic E-state index is 12.3. The van der Waals surface area contributed by atoms with E-state index >= 15 is 0 Å². The van der Waals surface area contributed by atoms with Gasteiger partial charge in [-0.25, -0.2) is 0 Å². The van der Waals surface area contributed by atoms with Crippen molar-refractivity contribution in [1.82, 2.24) is 15.2 Å². The summed E-state index contributed by atoms with van der Waals surface area (Å²) in [5.74, 6) is 1.30. The smallest absolute Gasteiger partial charge is 0.222 e. The van der Waals surface area contributed by atoms with Crippen molar-refractivity contribution in [2.45, 2.75) is 32.7 Å². The second-order valence-corrected chi connectivity index (χ2v) is 5.86. The molecule has 1 aliphatic rings. The fourth-order valence-electron chi connectivity index (χ4n) is 2.79. The van der Waals surface area contributed by atoms with Gasteiger partial charge < -0.3 is 10.2 Å². The third kappa shape index (κ3) is 6.51. The number of pyridine rings is 1. The minimum Gasteiger partial charge on any atom is -0.340 e. The van der Waals surface area contributed by atoms with E-state index in [4.69, 9.17) is 0 Å². The van der Waals surface area contributed by atoms with E-state index in [1.807, 2.05) is 25.2 Å². The normalized spacial score (nSPS) is 18.5. The Morgan fingerprint density at radius 2 is 2.23 bits per heavy atom. The number of hydrogen-bond donors (Lipinski definition) is 1. The van der Waals surface area contributed by atoms with E-state index in [0.717, 1.165) is 18.8 Å². The Morgan fingerprint density at radius 1 is 1.45 bits per heavy atom. The van der Waals surface area contributed by atoms with Crippen LogP contribution in [-0.2, 0) is 11.3 Å². The van der Waals surface area contributed by atoms with Crippen LogP contribution in [0.4, 0.5) is 0 Å². The van der Waals surface area contributed by atoms with Gasteiger partial charge in [0.2, 0.25) is 5.91 Å². The zero-order valence-corrected chi connectivity index (χ0v) is 15.0. The summed E-state index contributed by atoms with van der Waals surface area (Å²) in [5, 5.41) is 3.42. The van der Waals surface area contributed by atoms with Crippen LogP contribution in [0.25, 0.3) is 0 Å². The number of aromatic nitrogens is 1. The highest BCUT2D eigenvalue weighted by Gasteiger charge is 2.23. The highest BCUT2D eigenvalue weighted by molar-refractivity contribution is 5.85. The molecule has 2 unspecified atom stereocenters. The molecular formula is C16H27Cl2N3O. The molecule has 0 radical (unpaired) electrons. The van der Waals surface area contributed by atoms with Gasteiger partial charge in [-0.15, -0.1) is 24.8 Å². The van der Waals surface area contributed by atoms with Gasteiger partial charge in [0.1, 0.15) is 0 Å². The van der Waals surface area contributed by atoms with E-state index in [-0.39, 0.29) is 30.7 Å². The molecule has 0 aliphatic carbocycles. The van der Waals surface area contributed by atoms with E-state index in [1.165, 1.54) is 12.8 Å². The molecule has 4 nitrogen and oxygen atoms in total. The number of carbonyl (C=O) groups is 1. The Morgan fingerprint density at radius 3 is 2.82 bits per heavy atom. The number of piperidine rings is 1. The van der Waals surface area contributed by atoms with Crippen LogP contribution in [0.5, 0.6) is 0 Å². The molecule has 1 aliphatic heterocycles. The Bertz CT molecular complexity index is 425. The zero-order chi connectivity index (χ0) is 14.4. The molecular weight excluding hydrogens is 321 g/mol. The molecule has 2 rings (SSSR count). The number of rotatable bonds is 5. The molecule has 1 aromatic rings. The molecule has 22 heavy (non-hydrogen) atoms. The number of nitrogens with zero attached hydrogens (tertiary/aromatic N) is 2. The molecule has 1 aromatic heterocycles. The first kappa shape index (κ1) is 21.2. The standard InChI is InChI=1S/C16H25N3O.2ClH/c1-13(14-6-5-8-17-11-14)10-16(20)19(2)12-15-7-3-4-9-18-15;;/h3-4,7,9,13-14,17H,5-6,8,10-12H2,1-2H3;2*1H. The highest BCUT2D eigenvalue weighted by Crippen LogP contribution is 2.23. The van der Waals surface area contributed by atoms with Crippen molar-refractivity contribution >= 4 is 30.7 Å². The molecule has 0 saturated carbocycles. The van der Waals surface area contributed by atoms with Gasteiger partial charge in [-0.2, -0.15) is 0 Å². The maximum Gasteiger partial charge on any atom is 0.222 e. The first-order valence-corrected chi connectivity index (χ1v) is 7.51. The lowest BCUT2D eigenvalue weighted by molar-refractivity contribution is -0.131. The predicted molar refractivity (Wildman–Crippen MR) is 94.6 cm³/mol. The SMILES string of the molecule is CC(CC(=O)N(C)Cc1ccccn1)C1CCCNC1.Cl.Cl. The molecule has 1 fully saturated rings. The van der Waals surface area contributed by atoms with Crippen LogP contribution < -0.4 is 5.32 Å². The van der Waals surface area contributed by atoms with Gasteiger partial charge in [-0.1, -0.05) is 13.0 Å². The van der Waals surface area contributed by atoms with Crippen molar-refractivity contribution in [3.8, 4) is 0 Å². The van der Waals surface area contributed by atoms with Crippen molar-refractivity contribution in [2.24, 2.45) is 11.8 Å². The first-order chi connectivity index (χ1) is 9.66. The fraction of sp³-hybridized carbons (Fsp3) is 0.625. The second-order valence-electron chi connectivity index (χ2n) is 5.86. The number of nitrogens with one attached hydrogen (secondary N) is 1. The lowest BCUT2D eigenvalue weighted by atomic mass is 9.85. The molecule has 1 saturated heterocycles. The largest absolute Gasteiger partial charge is 0.340 e. The average Bonchev–Trinajstić information content (AvgIpc) is 2.49. The van der Waals surface area contributed by atoms with Crippen LogP contribution in [0.15, 0.2) is 24.4 Å². The predicted octanol–water partition coefficient (Wildman–Crippen LogP) is 2.91. The van der Waals surface area contributed by atoms with Crippen LogP contribution >= 0.6 is 24.8 Å². The summed E-state index contributed by atoms with van der Waals surface area (Å²) in [7, 11) is 1.86. The van der Waals surface area contributed by atoms with Gasteiger partial charge >= 0.3 is 0 Å². The average molecular weight is 348 g/mol. The summed E-state index contributed by atoms with van der Waals surface area (Å²) in [6, 6.07) is 5.80. The quantitative estimate of drug-likeness (QED) is 0.890. The molecule has 1 N–H and O–H groups in total. The molecule has 2 atom stereocenters. The summed E-state index contributed by atoms with van der Waals surface area (Å²) in [6.45, 7) is 4.97. The molecule has 6 heteroatoms. The summed E-state index contributed by atoms with van der Waals surface area (Å²) >= 11 is 0. The number of amides is 1. The van der Waals surface area contributed by atoms with Gasteiger partial charge in [0.15, 0.2) is 0 Å². The van der Waals surface area contributed by atoms with Crippen molar-refractivity contribution < 1.29 is 4.79 Å². The van der Waals surface area contributed by atoms with Crippen molar-refractivity contribution in [2.75, 3.05) is 20.1 Å². The lowest BCUT2D eigenvalue weighted by Gasteiger charge is -2.29. The van der Waals surface area contributed by atoms with Gasteiger partial charge in [0.05, 0.1) is 12.2 Å². The molecule has 0 bridgehead atoms. The third-order valence-corrected chi connectivity index (χ3v) is 4.19. The summed E-state index contributed by atoms with van der Waals surface area (Å²) in [6.07, 6.45) is 4.87. The Balaban J connectivity index is 0.00000220. The van der Waals surface area contributed by atoms with E-state index in [1.54, 1.807) is 11.1 Å². The van der Waals surface area contributed by atoms with Crippen LogP contribution in [0, 0.1) is 11.8 Å². The first-order valence-electron chi connectivity index (χ1n) is 7.51. The van der Waals surface area contributed by atoms with Crippen LogP contribution in [0.3, 0.4) is 0 Å². The Kier molecular flexibility index (Phi) is 10.4. The molecule has 2 heterocycles. The molecule has 0 aromatic carbocycles. The number of carbonyl (C=O) groups excluding carboxylic acids is 1. The van der Waals surface area contributed by atoms with Gasteiger partial charge in [-0.3, -0.25) is 9.78 Å². The van der Waals surface area contributed by atoms with Crippen LogP contribution in [-0.4, -0.2) is 35.9 Å². The van der Waals surface area contributed by atoms with E-state index in [9.17, 15) is 4.79 Å². The number of hydrogen-bond acceptors (Lipinski definition) is 3. The summed E-state index contributed by atoms with van der Waals surface area (Å²) in [5.41, 5.74) is 0.940. The number of halogens is 2. The van der Waals surface area contributed by atoms with Crippen LogP contribution in [0.2, 0.25) is 0 Å². The zero-order valence-electron chi connectivity index (χ0n) is 13.3. The topological polar surface area (TPSA) is 45.2 Å².